The number of fused-ring (bicyclic) bond motifs is 1. The highest BCUT2D eigenvalue weighted by atomic mass is 16.2. The van der Waals surface area contributed by atoms with Crippen LogP contribution in [0.25, 0.3) is 10.9 Å². The van der Waals surface area contributed by atoms with Crippen LogP contribution in [0.15, 0.2) is 58.5 Å². The van der Waals surface area contributed by atoms with Crippen LogP contribution >= 0.6 is 0 Å². The first-order valence-corrected chi connectivity index (χ1v) is 8.38. The molecular weight excluding hydrogens is 334 g/mol. The molecule has 1 aromatic carbocycles. The Morgan fingerprint density at radius 2 is 1.92 bits per heavy atom. The van der Waals surface area contributed by atoms with Crippen LogP contribution in [-0.2, 0) is 17.9 Å². The molecule has 2 heterocycles. The lowest BCUT2D eigenvalue weighted by molar-refractivity contribution is -0.121. The van der Waals surface area contributed by atoms with Gasteiger partial charge in [0.2, 0.25) is 5.91 Å². The number of aryl methyl sites for hydroxylation is 2. The molecule has 0 aliphatic heterocycles. The molecule has 0 spiro atoms. The van der Waals surface area contributed by atoms with Gasteiger partial charge in [0.05, 0.1) is 17.2 Å². The van der Waals surface area contributed by atoms with Crippen molar-refractivity contribution in [1.82, 2.24) is 24.6 Å². The molecule has 0 atom stereocenters. The van der Waals surface area contributed by atoms with Gasteiger partial charge in [-0.2, -0.15) is 5.10 Å². The van der Waals surface area contributed by atoms with E-state index in [1.807, 2.05) is 6.07 Å². The molecule has 3 aromatic rings. The molecule has 0 aliphatic rings. The van der Waals surface area contributed by atoms with Crippen LogP contribution in [-0.4, -0.2) is 31.8 Å². The molecule has 3 rings (SSSR count). The first-order chi connectivity index (χ1) is 12.6. The van der Waals surface area contributed by atoms with E-state index in [2.05, 4.69) is 15.4 Å². The van der Waals surface area contributed by atoms with Gasteiger partial charge in [0.25, 0.3) is 11.1 Å². The van der Waals surface area contributed by atoms with E-state index in [1.165, 1.54) is 21.6 Å². The summed E-state index contributed by atoms with van der Waals surface area (Å²) in [6.45, 7) is 1.14. The lowest BCUT2D eigenvalue weighted by Crippen LogP contribution is -2.29. The predicted molar refractivity (Wildman–Crippen MR) is 96.7 cm³/mol. The van der Waals surface area contributed by atoms with Crippen LogP contribution in [0, 0.1) is 0 Å². The molecule has 1 N–H and O–H groups in total. The van der Waals surface area contributed by atoms with Gasteiger partial charge in [-0.15, -0.1) is 0 Å². The number of hydrogen-bond donors (Lipinski definition) is 1. The number of carbonyl (C=O) groups is 1. The Bertz CT molecular complexity index is 1020. The summed E-state index contributed by atoms with van der Waals surface area (Å²) in [7, 11) is 0. The number of hydrogen-bond acceptors (Lipinski definition) is 5. The molecule has 8 heteroatoms. The van der Waals surface area contributed by atoms with Crippen molar-refractivity contribution in [2.45, 2.75) is 25.9 Å². The largest absolute Gasteiger partial charge is 0.356 e. The summed E-state index contributed by atoms with van der Waals surface area (Å²) in [5, 5.41) is 7.27. The smallest absolute Gasteiger partial charge is 0.266 e. The van der Waals surface area contributed by atoms with Crippen LogP contribution in [0.4, 0.5) is 0 Å². The highest BCUT2D eigenvalue weighted by Gasteiger charge is 2.06. The number of aromatic nitrogens is 4. The SMILES string of the molecule is O=C(CCn1cnc2ccccc2c1=O)NCCCn1ncccc1=O. The van der Waals surface area contributed by atoms with Crippen molar-refractivity contribution < 1.29 is 4.79 Å². The van der Waals surface area contributed by atoms with E-state index in [4.69, 9.17) is 0 Å². The van der Waals surface area contributed by atoms with Gasteiger partial charge in [-0.05, 0) is 24.6 Å². The van der Waals surface area contributed by atoms with Crippen molar-refractivity contribution in [3.8, 4) is 0 Å². The van der Waals surface area contributed by atoms with Crippen molar-refractivity contribution in [1.29, 1.82) is 0 Å². The predicted octanol–water partition coefficient (Wildman–Crippen LogP) is 0.550. The molecule has 0 bridgehead atoms. The van der Waals surface area contributed by atoms with Crippen LogP contribution in [0.2, 0.25) is 0 Å². The van der Waals surface area contributed by atoms with Crippen molar-refractivity contribution >= 4 is 16.8 Å². The number of nitrogens with one attached hydrogen (secondary N) is 1. The van der Waals surface area contributed by atoms with E-state index in [1.54, 1.807) is 30.5 Å². The monoisotopic (exact) mass is 353 g/mol. The van der Waals surface area contributed by atoms with Gasteiger partial charge in [-0.3, -0.25) is 19.0 Å². The Balaban J connectivity index is 1.47. The van der Waals surface area contributed by atoms with Crippen LogP contribution in [0.5, 0.6) is 0 Å². The summed E-state index contributed by atoms with van der Waals surface area (Å²) in [6.07, 6.45) is 3.80. The summed E-state index contributed by atoms with van der Waals surface area (Å²) < 4.78 is 2.79. The molecule has 0 saturated heterocycles. The second-order valence-corrected chi connectivity index (χ2v) is 5.80. The molecule has 2 aromatic heterocycles. The van der Waals surface area contributed by atoms with Crippen LogP contribution < -0.4 is 16.4 Å². The number of benzene rings is 1. The van der Waals surface area contributed by atoms with E-state index in [0.717, 1.165) is 0 Å². The second-order valence-electron chi connectivity index (χ2n) is 5.80. The minimum atomic E-state index is -0.165. The number of nitrogens with zero attached hydrogens (tertiary/aromatic N) is 4. The molecule has 134 valence electrons. The standard InChI is InChI=1S/C18H19N5O3/c24-16(19-9-4-11-23-17(25)7-3-10-21-23)8-12-22-13-20-15-6-2-1-5-14(15)18(22)26/h1-3,5-7,10,13H,4,8-9,11-12H2,(H,19,24). The number of amides is 1. The molecule has 1 amide bonds. The maximum atomic E-state index is 12.3. The van der Waals surface area contributed by atoms with E-state index in [-0.39, 0.29) is 30.0 Å². The minimum absolute atomic E-state index is 0.154. The van der Waals surface area contributed by atoms with E-state index >= 15 is 0 Å². The average molecular weight is 353 g/mol. The van der Waals surface area contributed by atoms with Gasteiger partial charge in [0.1, 0.15) is 0 Å². The van der Waals surface area contributed by atoms with Gasteiger partial charge >= 0.3 is 0 Å². The quantitative estimate of drug-likeness (QED) is 0.626. The lowest BCUT2D eigenvalue weighted by atomic mass is 10.2. The fourth-order valence-electron chi connectivity index (χ4n) is 2.59. The third kappa shape index (κ3) is 4.21. The maximum absolute atomic E-state index is 12.3. The molecular formula is C18H19N5O3. The first-order valence-electron chi connectivity index (χ1n) is 8.38. The van der Waals surface area contributed by atoms with Gasteiger partial charge in [-0.1, -0.05) is 12.1 Å². The Morgan fingerprint density at radius 3 is 2.77 bits per heavy atom. The zero-order valence-corrected chi connectivity index (χ0v) is 14.2. The summed E-state index contributed by atoms with van der Waals surface area (Å²) in [4.78, 5) is 40.0. The van der Waals surface area contributed by atoms with Crippen LogP contribution in [0.3, 0.4) is 0 Å². The first kappa shape index (κ1) is 17.5. The van der Waals surface area contributed by atoms with Gasteiger partial charge < -0.3 is 5.32 Å². The Morgan fingerprint density at radius 1 is 1.08 bits per heavy atom. The number of carbonyl (C=O) groups excluding carboxylic acids is 1. The van der Waals surface area contributed by atoms with Gasteiger partial charge in [0.15, 0.2) is 0 Å². The van der Waals surface area contributed by atoms with Gasteiger partial charge in [-0.25, -0.2) is 9.67 Å². The average Bonchev–Trinajstić information content (AvgIpc) is 2.66. The van der Waals surface area contributed by atoms with Crippen LogP contribution in [0.1, 0.15) is 12.8 Å². The van der Waals surface area contributed by atoms with Crippen molar-refractivity contribution in [3.05, 3.63) is 69.6 Å². The summed E-state index contributed by atoms with van der Waals surface area (Å²) in [5.74, 6) is -0.154. The Hall–Kier alpha value is -3.29. The Kier molecular flexibility index (Phi) is 5.52. The number of rotatable bonds is 7. The number of para-hydroxylation sites is 1. The molecule has 0 aliphatic carbocycles. The van der Waals surface area contributed by atoms with E-state index in [0.29, 0.717) is 30.4 Å². The highest BCUT2D eigenvalue weighted by Crippen LogP contribution is 2.04. The second kappa shape index (κ2) is 8.19. The maximum Gasteiger partial charge on any atom is 0.266 e. The van der Waals surface area contributed by atoms with Crippen molar-refractivity contribution in [2.75, 3.05) is 6.54 Å². The molecule has 0 radical (unpaired) electrons. The third-order valence-corrected chi connectivity index (χ3v) is 3.97. The van der Waals surface area contributed by atoms with E-state index in [9.17, 15) is 14.4 Å². The van der Waals surface area contributed by atoms with Crippen molar-refractivity contribution in [2.24, 2.45) is 0 Å². The van der Waals surface area contributed by atoms with Gasteiger partial charge in [0, 0.05) is 38.3 Å². The minimum Gasteiger partial charge on any atom is -0.356 e. The topological polar surface area (TPSA) is 98.9 Å². The molecule has 26 heavy (non-hydrogen) atoms. The third-order valence-electron chi connectivity index (χ3n) is 3.97. The fourth-order valence-corrected chi connectivity index (χ4v) is 2.59. The fraction of sp³-hybridized carbons (Fsp3) is 0.278. The summed E-state index contributed by atoms with van der Waals surface area (Å²) in [6, 6.07) is 10.1. The summed E-state index contributed by atoms with van der Waals surface area (Å²) in [5.41, 5.74) is 0.322. The summed E-state index contributed by atoms with van der Waals surface area (Å²) >= 11 is 0. The highest BCUT2D eigenvalue weighted by molar-refractivity contribution is 5.77. The van der Waals surface area contributed by atoms with E-state index < -0.39 is 0 Å². The molecule has 8 nitrogen and oxygen atoms in total. The lowest BCUT2D eigenvalue weighted by Gasteiger charge is -2.08. The molecule has 0 unspecified atom stereocenters. The zero-order valence-electron chi connectivity index (χ0n) is 14.2. The zero-order chi connectivity index (χ0) is 18.4. The molecule has 0 fully saturated rings. The molecule has 0 saturated carbocycles. The van der Waals surface area contributed by atoms with Crippen molar-refractivity contribution in [3.63, 3.8) is 0 Å². The Labute approximate surface area is 149 Å². The normalized spacial score (nSPS) is 10.8.